The number of thioether (sulfide) groups is 1. The third-order valence-electron chi connectivity index (χ3n) is 1.82. The molecule has 0 spiro atoms. The van der Waals surface area contributed by atoms with Crippen LogP contribution in [0.5, 0.6) is 0 Å². The molecule has 0 unspecified atom stereocenters. The van der Waals surface area contributed by atoms with Crippen molar-refractivity contribution in [3.63, 3.8) is 0 Å². The number of ketones is 1. The molecule has 1 heterocycles. The molecule has 0 saturated heterocycles. The molecule has 1 N–H and O–H groups in total. The minimum absolute atomic E-state index is 0.0397. The highest BCUT2D eigenvalue weighted by atomic mass is 32.2. The van der Waals surface area contributed by atoms with Gasteiger partial charge >= 0.3 is 0 Å². The lowest BCUT2D eigenvalue weighted by molar-refractivity contribution is -0.112. The van der Waals surface area contributed by atoms with Crippen LogP contribution in [0.25, 0.3) is 0 Å². The van der Waals surface area contributed by atoms with E-state index in [1.807, 2.05) is 0 Å². The second kappa shape index (κ2) is 6.07. The number of rotatable bonds is 5. The minimum Gasteiger partial charge on any atom is -0.355 e. The molecule has 0 aromatic carbocycles. The molecule has 0 fully saturated rings. The number of amides is 1. The lowest BCUT2D eigenvalue weighted by Crippen LogP contribution is -2.17. The summed E-state index contributed by atoms with van der Waals surface area (Å²) in [5, 5.41) is 3.22. The molecule has 16 heavy (non-hydrogen) atoms. The maximum atomic E-state index is 11.2. The van der Waals surface area contributed by atoms with E-state index in [9.17, 15) is 9.59 Å². The highest BCUT2D eigenvalue weighted by Gasteiger charge is 2.04. The Morgan fingerprint density at radius 3 is 2.81 bits per heavy atom. The van der Waals surface area contributed by atoms with Crippen LogP contribution < -0.4 is 5.32 Å². The number of carbonyl (C=O) groups is 2. The summed E-state index contributed by atoms with van der Waals surface area (Å²) in [6.07, 6.45) is 2.77. The molecule has 0 aliphatic heterocycles. The molecule has 1 aromatic heterocycles. The summed E-state index contributed by atoms with van der Waals surface area (Å²) < 4.78 is 0. The standard InChI is InChI=1S/C11H12N2O2S/c1-3-9(14)7-16-10-5-4-8(6-13-10)11(15)12-2/h3-6H,1,7H2,2H3,(H,12,15). The summed E-state index contributed by atoms with van der Waals surface area (Å²) >= 11 is 1.32. The van der Waals surface area contributed by atoms with Gasteiger partial charge in [-0.2, -0.15) is 0 Å². The highest BCUT2D eigenvalue weighted by molar-refractivity contribution is 7.99. The molecule has 0 saturated carbocycles. The number of aromatic nitrogens is 1. The van der Waals surface area contributed by atoms with E-state index < -0.39 is 0 Å². The first kappa shape index (κ1) is 12.4. The number of carbonyl (C=O) groups excluding carboxylic acids is 2. The van der Waals surface area contributed by atoms with Crippen molar-refractivity contribution >= 4 is 23.5 Å². The zero-order chi connectivity index (χ0) is 12.0. The van der Waals surface area contributed by atoms with Gasteiger partial charge in [-0.25, -0.2) is 4.98 Å². The first-order valence-corrected chi connectivity index (χ1v) is 5.62. The van der Waals surface area contributed by atoms with Crippen LogP contribution in [-0.4, -0.2) is 29.5 Å². The van der Waals surface area contributed by atoms with Gasteiger partial charge in [0.2, 0.25) is 0 Å². The maximum Gasteiger partial charge on any atom is 0.252 e. The van der Waals surface area contributed by atoms with Crippen molar-refractivity contribution in [2.75, 3.05) is 12.8 Å². The Morgan fingerprint density at radius 1 is 1.56 bits per heavy atom. The van der Waals surface area contributed by atoms with Crippen LogP contribution >= 0.6 is 11.8 Å². The Kier molecular flexibility index (Phi) is 4.72. The molecular weight excluding hydrogens is 224 g/mol. The fourth-order valence-electron chi connectivity index (χ4n) is 0.948. The first-order chi connectivity index (χ1) is 7.67. The van der Waals surface area contributed by atoms with Crippen molar-refractivity contribution in [2.45, 2.75) is 5.03 Å². The molecule has 0 radical (unpaired) electrons. The summed E-state index contributed by atoms with van der Waals surface area (Å²) in [6.45, 7) is 3.39. The second-order valence-electron chi connectivity index (χ2n) is 2.92. The topological polar surface area (TPSA) is 59.1 Å². The Hall–Kier alpha value is -1.62. The van der Waals surface area contributed by atoms with Gasteiger partial charge in [0, 0.05) is 13.2 Å². The first-order valence-electron chi connectivity index (χ1n) is 4.63. The normalized spacial score (nSPS) is 9.56. The zero-order valence-corrected chi connectivity index (χ0v) is 9.71. The molecule has 4 nitrogen and oxygen atoms in total. The van der Waals surface area contributed by atoms with E-state index in [1.165, 1.54) is 24.0 Å². The predicted molar refractivity (Wildman–Crippen MR) is 63.6 cm³/mol. The summed E-state index contributed by atoms with van der Waals surface area (Å²) in [5.41, 5.74) is 0.502. The monoisotopic (exact) mass is 236 g/mol. The van der Waals surface area contributed by atoms with Gasteiger partial charge in [0.25, 0.3) is 5.91 Å². The van der Waals surface area contributed by atoms with Crippen molar-refractivity contribution in [3.05, 3.63) is 36.5 Å². The van der Waals surface area contributed by atoms with Crippen LogP contribution in [-0.2, 0) is 4.79 Å². The van der Waals surface area contributed by atoms with Crippen LogP contribution in [0.1, 0.15) is 10.4 Å². The molecule has 1 rings (SSSR count). The average Bonchev–Trinajstić information content (AvgIpc) is 2.35. The predicted octanol–water partition coefficient (Wildman–Crippen LogP) is 1.29. The van der Waals surface area contributed by atoms with E-state index in [-0.39, 0.29) is 11.7 Å². The Labute approximate surface area is 98.1 Å². The van der Waals surface area contributed by atoms with E-state index in [0.717, 1.165) is 0 Å². The van der Waals surface area contributed by atoms with E-state index in [0.29, 0.717) is 16.3 Å². The van der Waals surface area contributed by atoms with Gasteiger partial charge < -0.3 is 5.32 Å². The highest BCUT2D eigenvalue weighted by Crippen LogP contribution is 2.15. The molecule has 5 heteroatoms. The van der Waals surface area contributed by atoms with Gasteiger partial charge in [-0.1, -0.05) is 18.3 Å². The second-order valence-corrected chi connectivity index (χ2v) is 3.92. The summed E-state index contributed by atoms with van der Waals surface area (Å²) in [6, 6.07) is 3.39. The van der Waals surface area contributed by atoms with Gasteiger partial charge in [-0.3, -0.25) is 9.59 Å². The van der Waals surface area contributed by atoms with Gasteiger partial charge in [-0.05, 0) is 18.2 Å². The smallest absolute Gasteiger partial charge is 0.252 e. The van der Waals surface area contributed by atoms with Crippen LogP contribution in [0.2, 0.25) is 0 Å². The summed E-state index contributed by atoms with van der Waals surface area (Å²) in [5.74, 6) is 0.101. The number of nitrogens with one attached hydrogen (secondary N) is 1. The van der Waals surface area contributed by atoms with Crippen molar-refractivity contribution in [2.24, 2.45) is 0 Å². The summed E-state index contributed by atoms with van der Waals surface area (Å²) in [4.78, 5) is 26.3. The van der Waals surface area contributed by atoms with Crippen LogP contribution in [0, 0.1) is 0 Å². The molecule has 0 atom stereocenters. The van der Waals surface area contributed by atoms with E-state index in [4.69, 9.17) is 0 Å². The van der Waals surface area contributed by atoms with Crippen molar-refractivity contribution in [1.29, 1.82) is 0 Å². The van der Waals surface area contributed by atoms with Crippen molar-refractivity contribution in [1.82, 2.24) is 10.3 Å². The molecule has 84 valence electrons. The quantitative estimate of drug-likeness (QED) is 0.618. The third-order valence-corrected chi connectivity index (χ3v) is 2.78. The number of hydrogen-bond donors (Lipinski definition) is 1. The Balaban J connectivity index is 2.61. The van der Waals surface area contributed by atoms with Crippen molar-refractivity contribution in [3.8, 4) is 0 Å². The number of hydrogen-bond acceptors (Lipinski definition) is 4. The van der Waals surface area contributed by atoms with E-state index in [2.05, 4.69) is 16.9 Å². The number of nitrogens with zero attached hydrogens (tertiary/aromatic N) is 1. The molecular formula is C11H12N2O2S. The zero-order valence-electron chi connectivity index (χ0n) is 8.90. The number of allylic oxidation sites excluding steroid dienone is 1. The summed E-state index contributed by atoms with van der Waals surface area (Å²) in [7, 11) is 1.56. The fourth-order valence-corrected chi connectivity index (χ4v) is 1.65. The van der Waals surface area contributed by atoms with Crippen molar-refractivity contribution < 1.29 is 9.59 Å². The fraction of sp³-hybridized carbons (Fsp3) is 0.182. The van der Waals surface area contributed by atoms with Gasteiger partial charge in [0.15, 0.2) is 5.78 Å². The lowest BCUT2D eigenvalue weighted by Gasteiger charge is -2.01. The third kappa shape index (κ3) is 3.51. The van der Waals surface area contributed by atoms with Crippen LogP contribution in [0.4, 0.5) is 0 Å². The lowest BCUT2D eigenvalue weighted by atomic mass is 10.3. The largest absolute Gasteiger partial charge is 0.355 e. The van der Waals surface area contributed by atoms with E-state index >= 15 is 0 Å². The van der Waals surface area contributed by atoms with Gasteiger partial charge in [0.1, 0.15) is 0 Å². The maximum absolute atomic E-state index is 11.2. The van der Waals surface area contributed by atoms with Crippen LogP contribution in [0.3, 0.4) is 0 Å². The molecule has 0 bridgehead atoms. The van der Waals surface area contributed by atoms with E-state index in [1.54, 1.807) is 19.2 Å². The molecule has 1 amide bonds. The SMILES string of the molecule is C=CC(=O)CSc1ccc(C(=O)NC)cn1. The van der Waals surface area contributed by atoms with Gasteiger partial charge in [-0.15, -0.1) is 0 Å². The molecule has 0 aliphatic rings. The van der Waals surface area contributed by atoms with Crippen LogP contribution in [0.15, 0.2) is 36.0 Å². The Morgan fingerprint density at radius 2 is 2.31 bits per heavy atom. The minimum atomic E-state index is -0.175. The Bertz CT molecular complexity index is 401. The average molecular weight is 236 g/mol. The molecule has 1 aromatic rings. The molecule has 0 aliphatic carbocycles. The van der Waals surface area contributed by atoms with Gasteiger partial charge in [0.05, 0.1) is 16.3 Å². The number of pyridine rings is 1.